The number of aromatic nitrogens is 1. The van der Waals surface area contributed by atoms with Crippen molar-refractivity contribution in [2.75, 3.05) is 0 Å². The zero-order valence-corrected chi connectivity index (χ0v) is 54.2. The van der Waals surface area contributed by atoms with Crippen LogP contribution < -0.4 is 4.57 Å². The Balaban J connectivity index is 0.0000114. The first-order chi connectivity index (χ1) is 34.4. The molecule has 0 amide bonds. The van der Waals surface area contributed by atoms with Crippen LogP contribution in [0.25, 0.3) is 0 Å². The Bertz CT molecular complexity index is 941. The van der Waals surface area contributed by atoms with Crippen molar-refractivity contribution in [1.82, 2.24) is 0 Å². The van der Waals surface area contributed by atoms with Crippen molar-refractivity contribution < 1.29 is 17.5 Å². The summed E-state index contributed by atoms with van der Waals surface area (Å²) in [5, 5.41) is 0. The van der Waals surface area contributed by atoms with Gasteiger partial charge in [0.25, 0.3) is 0 Å². The molecule has 5 heteroatoms. The van der Waals surface area contributed by atoms with Gasteiger partial charge in [0, 0.05) is 30.4 Å². The zero-order chi connectivity index (χ0) is 51.2. The molecular weight excluding hydrogens is 966 g/mol. The summed E-state index contributed by atoms with van der Waals surface area (Å²) in [5.41, 5.74) is 9.44. The van der Waals surface area contributed by atoms with Gasteiger partial charge in [0.2, 0.25) is 0 Å². The molecule has 0 unspecified atom stereocenters. The average molecular weight is 1090 g/mol. The molecule has 0 aliphatic carbocycles. The Kier molecular flexibility index (Phi) is 57.9. The van der Waals surface area contributed by atoms with Crippen LogP contribution in [0.15, 0.2) is 0 Å². The first-order valence-corrected chi connectivity index (χ1v) is 44.3. The van der Waals surface area contributed by atoms with Crippen molar-refractivity contribution in [3.63, 3.8) is 0 Å². The van der Waals surface area contributed by atoms with E-state index in [1.54, 1.807) is 0 Å². The van der Waals surface area contributed by atoms with E-state index in [9.17, 15) is 0 Å². The number of hydrogen-bond acceptors (Lipinski definition) is 0. The number of rotatable bonds is 54. The van der Waals surface area contributed by atoms with Crippen LogP contribution in [0.4, 0.5) is 0 Å². The minimum atomic E-state index is -2.21. The minimum absolute atomic E-state index is 1.29. The summed E-state index contributed by atoms with van der Waals surface area (Å²) in [7, 11) is 15.0. The number of unbranched alkanes of at least 4 members (excludes halogenated alkanes) is 42. The molecule has 0 spiro atoms. The van der Waals surface area contributed by atoms with E-state index in [1.165, 1.54) is 347 Å². The topological polar surface area (TPSA) is 3.88 Å². The van der Waals surface area contributed by atoms with Gasteiger partial charge in [-0.05, 0) is 63.4 Å². The van der Waals surface area contributed by atoms with Crippen molar-refractivity contribution in [2.45, 2.75) is 388 Å². The van der Waals surface area contributed by atoms with Crippen LogP contribution >= 0.6 is 29.1 Å². The summed E-state index contributed by atoms with van der Waals surface area (Å²) in [6.07, 6.45) is 75.3. The molecule has 0 aromatic carbocycles. The molecule has 0 aliphatic heterocycles. The third-order valence-corrected chi connectivity index (χ3v) is 15.7. The molecule has 414 valence electrons. The van der Waals surface area contributed by atoms with Gasteiger partial charge in [0.05, 0.1) is 0 Å². The zero-order valence-electron chi connectivity index (χ0n) is 49.0. The van der Waals surface area contributed by atoms with E-state index in [-0.39, 0.29) is 0 Å². The number of nitrogens with zero attached hydrogens (tertiary/aromatic N) is 1. The van der Waals surface area contributed by atoms with Crippen molar-refractivity contribution in [2.24, 2.45) is 0 Å². The molecule has 1 aromatic rings. The molecule has 1 heterocycles. The molecule has 1 rings (SSSR count). The van der Waals surface area contributed by atoms with Crippen LogP contribution in [0, 0.1) is 0 Å². The van der Waals surface area contributed by atoms with Crippen LogP contribution in [0.1, 0.15) is 378 Å². The molecule has 0 saturated heterocycles. The number of halogens is 3. The molecule has 70 heavy (non-hydrogen) atoms. The predicted molar refractivity (Wildman–Crippen MR) is 318 cm³/mol. The monoisotopic (exact) mass is 1090 g/mol. The Labute approximate surface area is 459 Å². The molecule has 0 bridgehead atoms. The summed E-state index contributed by atoms with van der Waals surface area (Å²) in [4.78, 5) is 0. The van der Waals surface area contributed by atoms with Gasteiger partial charge in [-0.25, -0.2) is 0 Å². The fraction of sp³-hybridized carbons (Fsp3) is 0.923. The van der Waals surface area contributed by atoms with Gasteiger partial charge < -0.3 is 0 Å². The van der Waals surface area contributed by atoms with Crippen LogP contribution in [0.2, 0.25) is 0 Å². The van der Waals surface area contributed by atoms with Crippen LogP contribution in [-0.4, -0.2) is 0 Å². The van der Waals surface area contributed by atoms with E-state index in [2.05, 4.69) is 46.1 Å². The van der Waals surface area contributed by atoms with Gasteiger partial charge in [-0.2, -0.15) is 4.57 Å². The molecule has 0 aliphatic rings. The normalized spacial score (nSPS) is 11.4. The van der Waals surface area contributed by atoms with Crippen molar-refractivity contribution in [3.05, 3.63) is 28.1 Å². The Morgan fingerprint density at radius 1 is 0.229 bits per heavy atom. The maximum absolute atomic E-state index is 5.01. The van der Waals surface area contributed by atoms with E-state index in [0.717, 1.165) is 0 Å². The first-order valence-electron chi connectivity index (χ1n) is 32.6. The number of hydrogen-bond donors (Lipinski definition) is 0. The molecule has 0 radical (unpaired) electrons. The fourth-order valence-electron chi connectivity index (χ4n) is 11.3. The SMILES string of the molecule is CCCCCCCCCCc1c(CCCCCCCCCC)c(CCCCCCCCCC)[n+](CCCCCCCCCC)c(CCCCCCCCCC)c1CCCCCCCCCC.[Cl][Zn-]([Cl])[Cl]. The fourth-order valence-corrected chi connectivity index (χ4v) is 11.3. The van der Waals surface area contributed by atoms with E-state index in [0.29, 0.717) is 0 Å². The Morgan fingerprint density at radius 2 is 0.400 bits per heavy atom. The quantitative estimate of drug-likeness (QED) is 0.0348. The predicted octanol–water partition coefficient (Wildman–Crippen LogP) is 24.6. The van der Waals surface area contributed by atoms with Gasteiger partial charge >= 0.3 is 42.1 Å². The summed E-state index contributed by atoms with van der Waals surface area (Å²) in [5.74, 6) is 0. The summed E-state index contributed by atoms with van der Waals surface area (Å²) in [6.45, 7) is 15.5. The van der Waals surface area contributed by atoms with Gasteiger partial charge in [0.1, 0.15) is 6.54 Å². The second kappa shape index (κ2) is 57.4. The number of pyridine rings is 1. The molecule has 0 fully saturated rings. The average Bonchev–Trinajstić information content (AvgIpc) is 3.35. The van der Waals surface area contributed by atoms with E-state index in [4.69, 9.17) is 29.1 Å². The van der Waals surface area contributed by atoms with Crippen LogP contribution in [0.5, 0.6) is 0 Å². The third-order valence-electron chi connectivity index (χ3n) is 15.7. The maximum atomic E-state index is 5.01. The molecule has 1 aromatic heterocycles. The van der Waals surface area contributed by atoms with Crippen LogP contribution in [0.3, 0.4) is 0 Å². The molecule has 0 N–H and O–H groups in total. The van der Waals surface area contributed by atoms with Crippen LogP contribution in [-0.2, 0) is 51.6 Å². The summed E-state index contributed by atoms with van der Waals surface area (Å²) >= 11 is -2.21. The molecular formula is C65H126Cl3NZn. The van der Waals surface area contributed by atoms with Gasteiger partial charge in [-0.15, -0.1) is 0 Å². The molecule has 0 atom stereocenters. The van der Waals surface area contributed by atoms with E-state index in [1.807, 2.05) is 28.1 Å². The summed E-state index contributed by atoms with van der Waals surface area (Å²) < 4.78 is 3.12. The van der Waals surface area contributed by atoms with Gasteiger partial charge in [-0.3, -0.25) is 0 Å². The van der Waals surface area contributed by atoms with Crippen molar-refractivity contribution in [3.8, 4) is 0 Å². The molecule has 1 nitrogen and oxygen atoms in total. The Hall–Kier alpha value is 0.643. The van der Waals surface area contributed by atoms with E-state index >= 15 is 0 Å². The second-order valence-corrected chi connectivity index (χ2v) is 36.3. The second-order valence-electron chi connectivity index (χ2n) is 22.4. The van der Waals surface area contributed by atoms with Gasteiger partial charge in [-0.1, -0.05) is 305 Å². The van der Waals surface area contributed by atoms with Crippen molar-refractivity contribution in [1.29, 1.82) is 0 Å². The van der Waals surface area contributed by atoms with E-state index < -0.39 is 13.0 Å². The Morgan fingerprint density at radius 3 is 0.629 bits per heavy atom. The third kappa shape index (κ3) is 43.8. The van der Waals surface area contributed by atoms with Crippen molar-refractivity contribution >= 4 is 29.1 Å². The summed E-state index contributed by atoms with van der Waals surface area (Å²) in [6, 6.07) is 0. The first kappa shape index (κ1) is 70.6. The molecule has 0 saturated carbocycles. The standard InChI is InChI=1S/C65H126N.3ClH.Zn/c1-7-13-19-25-31-37-43-49-55-61-62(56-50-44-38-32-26-20-14-8-2)64(58-52-46-40-34-28-22-16-10-4)66(60-54-48-42-36-30-24-18-12-6)65(59-53-47-41-35-29-23-17-11-5)63(61)57-51-45-39-33-27-21-15-9-3;;;;/h7-60H2,1-6H3;3*1H;/q+1;;;;+2/p-3. The van der Waals surface area contributed by atoms with Gasteiger partial charge in [0.15, 0.2) is 11.4 Å².